The first kappa shape index (κ1) is 13.9. The van der Waals surface area contributed by atoms with E-state index in [-0.39, 0.29) is 5.91 Å². The molecule has 2 heterocycles. The number of nitrogen functional groups attached to an aromatic ring is 1. The fourth-order valence-corrected chi connectivity index (χ4v) is 3.01. The second kappa shape index (κ2) is 5.77. The van der Waals surface area contributed by atoms with Crippen LogP contribution in [-0.2, 0) is 0 Å². The van der Waals surface area contributed by atoms with Crippen LogP contribution in [0.15, 0.2) is 24.3 Å². The molecule has 1 fully saturated rings. The molecule has 0 bridgehead atoms. The van der Waals surface area contributed by atoms with Crippen LogP contribution >= 0.6 is 0 Å². The number of carbonyl (C=O) groups excluding carboxylic acids is 1. The first-order valence-electron chi connectivity index (χ1n) is 7.51. The summed E-state index contributed by atoms with van der Waals surface area (Å²) in [7, 11) is 2.12. The fourth-order valence-electron chi connectivity index (χ4n) is 3.01. The van der Waals surface area contributed by atoms with Crippen LogP contribution in [0.1, 0.15) is 29.8 Å². The van der Waals surface area contributed by atoms with Crippen LogP contribution in [0, 0.1) is 0 Å². The van der Waals surface area contributed by atoms with Crippen molar-refractivity contribution in [1.82, 2.24) is 15.2 Å². The van der Waals surface area contributed by atoms with Gasteiger partial charge in [0.05, 0.1) is 11.2 Å². The van der Waals surface area contributed by atoms with Crippen LogP contribution in [0.4, 0.5) is 5.69 Å². The molecule has 1 aromatic carbocycles. The molecular weight excluding hydrogens is 264 g/mol. The molecule has 1 aliphatic heterocycles. The number of aromatic nitrogens is 1. The topological polar surface area (TPSA) is 74.2 Å². The highest BCUT2D eigenvalue weighted by Crippen LogP contribution is 2.21. The number of para-hydroxylation sites is 1. The molecule has 0 spiro atoms. The first-order chi connectivity index (χ1) is 10.1. The summed E-state index contributed by atoms with van der Waals surface area (Å²) in [5.41, 5.74) is 7.98. The van der Waals surface area contributed by atoms with Gasteiger partial charge >= 0.3 is 0 Å². The van der Waals surface area contributed by atoms with Gasteiger partial charge in [0.1, 0.15) is 5.69 Å². The highest BCUT2D eigenvalue weighted by atomic mass is 16.1. The number of likely N-dealkylation sites (tertiary alicyclic amines) is 1. The highest BCUT2D eigenvalue weighted by Gasteiger charge is 2.20. The Balaban J connectivity index is 1.68. The van der Waals surface area contributed by atoms with E-state index < -0.39 is 0 Å². The minimum Gasteiger partial charge on any atom is -0.397 e. The van der Waals surface area contributed by atoms with Gasteiger partial charge in [-0.1, -0.05) is 18.6 Å². The molecule has 5 nitrogen and oxygen atoms in total. The molecule has 112 valence electrons. The van der Waals surface area contributed by atoms with Crippen molar-refractivity contribution in [2.24, 2.45) is 0 Å². The Kier molecular flexibility index (Phi) is 3.84. The maximum Gasteiger partial charge on any atom is 0.267 e. The van der Waals surface area contributed by atoms with E-state index in [0.29, 0.717) is 24.0 Å². The normalized spacial score (nSPS) is 19.8. The minimum atomic E-state index is -0.0652. The highest BCUT2D eigenvalue weighted by molar-refractivity contribution is 6.00. The maximum atomic E-state index is 12.3. The van der Waals surface area contributed by atoms with E-state index >= 15 is 0 Å². The van der Waals surface area contributed by atoms with E-state index in [1.54, 1.807) is 0 Å². The molecule has 1 unspecified atom stereocenters. The van der Waals surface area contributed by atoms with Crippen molar-refractivity contribution in [3.8, 4) is 0 Å². The summed E-state index contributed by atoms with van der Waals surface area (Å²) in [4.78, 5) is 17.7. The van der Waals surface area contributed by atoms with E-state index in [1.807, 2.05) is 24.3 Å². The third kappa shape index (κ3) is 2.88. The van der Waals surface area contributed by atoms with Crippen LogP contribution in [0.5, 0.6) is 0 Å². The fraction of sp³-hybridized carbons (Fsp3) is 0.438. The Labute approximate surface area is 124 Å². The Morgan fingerprint density at radius 1 is 1.48 bits per heavy atom. The second-order valence-electron chi connectivity index (χ2n) is 5.83. The first-order valence-corrected chi connectivity index (χ1v) is 7.51. The number of anilines is 1. The Hall–Kier alpha value is -2.01. The molecule has 3 rings (SSSR count). The molecular formula is C16H22N4O. The lowest BCUT2D eigenvalue weighted by molar-refractivity contribution is 0.0924. The number of benzene rings is 1. The van der Waals surface area contributed by atoms with Crippen LogP contribution < -0.4 is 11.1 Å². The number of nitrogens with two attached hydrogens (primary N) is 1. The van der Waals surface area contributed by atoms with Crippen molar-refractivity contribution in [1.29, 1.82) is 0 Å². The SMILES string of the molecule is CN1CCCCC1CNC(=O)c1cc2cccc(N)c2[nH]1. The number of fused-ring (bicyclic) bond motifs is 1. The molecule has 0 radical (unpaired) electrons. The molecule has 1 aliphatic rings. The number of amides is 1. The molecule has 1 aromatic heterocycles. The van der Waals surface area contributed by atoms with Gasteiger partial charge in [0.2, 0.25) is 0 Å². The molecule has 1 saturated heterocycles. The van der Waals surface area contributed by atoms with Crippen LogP contribution in [0.3, 0.4) is 0 Å². The van der Waals surface area contributed by atoms with Crippen molar-refractivity contribution in [3.63, 3.8) is 0 Å². The Morgan fingerprint density at radius 3 is 3.10 bits per heavy atom. The van der Waals surface area contributed by atoms with Crippen molar-refractivity contribution >= 4 is 22.5 Å². The number of piperidine rings is 1. The second-order valence-corrected chi connectivity index (χ2v) is 5.83. The summed E-state index contributed by atoms with van der Waals surface area (Å²) < 4.78 is 0. The molecule has 21 heavy (non-hydrogen) atoms. The van der Waals surface area contributed by atoms with E-state index in [0.717, 1.165) is 23.9 Å². The van der Waals surface area contributed by atoms with Gasteiger partial charge in [-0.25, -0.2) is 0 Å². The smallest absolute Gasteiger partial charge is 0.267 e. The number of carbonyl (C=O) groups is 1. The molecule has 1 amide bonds. The number of hydrogen-bond acceptors (Lipinski definition) is 3. The zero-order valence-electron chi connectivity index (χ0n) is 12.4. The number of aromatic amines is 1. The number of rotatable bonds is 3. The summed E-state index contributed by atoms with van der Waals surface area (Å²) >= 11 is 0. The van der Waals surface area contributed by atoms with Crippen LogP contribution in [0.2, 0.25) is 0 Å². The summed E-state index contributed by atoms with van der Waals surface area (Å²) in [6, 6.07) is 7.97. The van der Waals surface area contributed by atoms with E-state index in [4.69, 9.17) is 5.73 Å². The van der Waals surface area contributed by atoms with Crippen molar-refractivity contribution < 1.29 is 4.79 Å². The van der Waals surface area contributed by atoms with Crippen molar-refractivity contribution in [2.75, 3.05) is 25.9 Å². The van der Waals surface area contributed by atoms with E-state index in [9.17, 15) is 4.79 Å². The average molecular weight is 286 g/mol. The zero-order valence-corrected chi connectivity index (χ0v) is 12.4. The third-order valence-corrected chi connectivity index (χ3v) is 4.35. The molecule has 5 heteroatoms. The van der Waals surface area contributed by atoms with Gasteiger partial charge in [-0.3, -0.25) is 4.79 Å². The van der Waals surface area contributed by atoms with Gasteiger partial charge in [-0.2, -0.15) is 0 Å². The number of nitrogens with one attached hydrogen (secondary N) is 2. The number of nitrogens with zero attached hydrogens (tertiary/aromatic N) is 1. The molecule has 2 aromatic rings. The quantitative estimate of drug-likeness (QED) is 0.755. The van der Waals surface area contributed by atoms with Crippen molar-refractivity contribution in [2.45, 2.75) is 25.3 Å². The lowest BCUT2D eigenvalue weighted by Crippen LogP contribution is -2.44. The zero-order chi connectivity index (χ0) is 14.8. The third-order valence-electron chi connectivity index (χ3n) is 4.35. The summed E-state index contributed by atoms with van der Waals surface area (Å²) in [5, 5.41) is 3.99. The van der Waals surface area contributed by atoms with Gasteiger partial charge in [0.25, 0.3) is 5.91 Å². The monoisotopic (exact) mass is 286 g/mol. The minimum absolute atomic E-state index is 0.0652. The number of H-pyrrole nitrogens is 1. The van der Waals surface area contributed by atoms with Gasteiger partial charge in [0, 0.05) is 18.0 Å². The summed E-state index contributed by atoms with van der Waals surface area (Å²) in [5.74, 6) is -0.0652. The predicted octanol–water partition coefficient (Wildman–Crippen LogP) is 1.96. The lowest BCUT2D eigenvalue weighted by Gasteiger charge is -2.32. The summed E-state index contributed by atoms with van der Waals surface area (Å²) in [6.45, 7) is 1.81. The lowest BCUT2D eigenvalue weighted by atomic mass is 10.0. The standard InChI is InChI=1S/C16H22N4O/c1-20-8-3-2-6-12(20)10-18-16(21)14-9-11-5-4-7-13(17)15(11)19-14/h4-5,7,9,12,19H,2-3,6,8,10,17H2,1H3,(H,18,21). The van der Waals surface area contributed by atoms with Crippen LogP contribution in [-0.4, -0.2) is 42.0 Å². The average Bonchev–Trinajstić information content (AvgIpc) is 2.92. The summed E-state index contributed by atoms with van der Waals surface area (Å²) in [6.07, 6.45) is 3.65. The van der Waals surface area contributed by atoms with Crippen LogP contribution in [0.25, 0.3) is 10.9 Å². The molecule has 4 N–H and O–H groups in total. The van der Waals surface area contributed by atoms with Crippen molar-refractivity contribution in [3.05, 3.63) is 30.0 Å². The van der Waals surface area contributed by atoms with Gasteiger partial charge in [0.15, 0.2) is 0 Å². The molecule has 1 atom stereocenters. The Bertz CT molecular complexity index is 649. The number of hydrogen-bond donors (Lipinski definition) is 3. The predicted molar refractivity (Wildman–Crippen MR) is 85.3 cm³/mol. The largest absolute Gasteiger partial charge is 0.397 e. The van der Waals surface area contributed by atoms with Gasteiger partial charge < -0.3 is 20.9 Å². The van der Waals surface area contributed by atoms with Gasteiger partial charge in [-0.15, -0.1) is 0 Å². The van der Waals surface area contributed by atoms with E-state index in [1.165, 1.54) is 12.8 Å². The van der Waals surface area contributed by atoms with Gasteiger partial charge in [-0.05, 0) is 38.6 Å². The number of likely N-dealkylation sites (N-methyl/N-ethyl adjacent to an activating group) is 1. The molecule has 0 aliphatic carbocycles. The maximum absolute atomic E-state index is 12.3. The Morgan fingerprint density at radius 2 is 2.33 bits per heavy atom. The molecule has 0 saturated carbocycles. The van der Waals surface area contributed by atoms with E-state index in [2.05, 4.69) is 22.2 Å².